The normalized spacial score (nSPS) is 10.8. The van der Waals surface area contributed by atoms with Gasteiger partial charge in [0.25, 0.3) is 0 Å². The van der Waals surface area contributed by atoms with Gasteiger partial charge in [-0.3, -0.25) is 19.2 Å². The van der Waals surface area contributed by atoms with Gasteiger partial charge in [-0.2, -0.15) is 0 Å². The van der Waals surface area contributed by atoms with Crippen molar-refractivity contribution in [2.24, 2.45) is 0 Å². The minimum Gasteiger partial charge on any atom is -0.481 e. The zero-order valence-electron chi connectivity index (χ0n) is 15.9. The lowest BCUT2D eigenvalue weighted by molar-refractivity contribution is -0.137. The van der Waals surface area contributed by atoms with E-state index in [1.165, 1.54) is 12.1 Å². The minimum atomic E-state index is -1.04. The molecule has 0 aliphatic heterocycles. The number of hydrogen-bond donors (Lipinski definition) is 4. The molecule has 8 nitrogen and oxygen atoms in total. The summed E-state index contributed by atoms with van der Waals surface area (Å²) in [6.45, 7) is 0. The summed E-state index contributed by atoms with van der Waals surface area (Å²) in [5.74, 6) is -4.18. The number of aliphatic carboxylic acids is 4. The molecule has 2 aromatic carbocycles. The molecule has 0 aliphatic rings. The molecule has 156 valence electrons. The molecule has 0 saturated heterocycles. The highest BCUT2D eigenvalue weighted by Crippen LogP contribution is 2.18. The van der Waals surface area contributed by atoms with Gasteiger partial charge in [0.1, 0.15) is 0 Å². The molecule has 2 aromatic rings. The predicted octanol–water partition coefficient (Wildman–Crippen LogP) is 2.37. The smallest absolute Gasteiger partial charge is 0.307 e. The summed E-state index contributed by atoms with van der Waals surface area (Å²) in [5, 5.41) is 36.1. The summed E-state index contributed by atoms with van der Waals surface area (Å²) in [6.07, 6.45) is 2.24. The molecule has 0 aromatic heterocycles. The first-order valence-corrected chi connectivity index (χ1v) is 8.91. The molecule has 2 rings (SSSR count). The van der Waals surface area contributed by atoms with Gasteiger partial charge in [0.2, 0.25) is 0 Å². The van der Waals surface area contributed by atoms with Crippen LogP contribution in [0, 0.1) is 0 Å². The molecule has 0 unspecified atom stereocenters. The summed E-state index contributed by atoms with van der Waals surface area (Å²) in [4.78, 5) is 44.1. The van der Waals surface area contributed by atoms with Crippen molar-refractivity contribution < 1.29 is 39.6 Å². The molecular weight excluding hydrogens is 392 g/mol. The Morgan fingerprint density at radius 2 is 0.733 bits per heavy atom. The van der Waals surface area contributed by atoms with E-state index < -0.39 is 23.9 Å². The van der Waals surface area contributed by atoms with Crippen LogP contribution in [0.1, 0.15) is 33.4 Å². The van der Waals surface area contributed by atoms with E-state index in [1.807, 2.05) is 0 Å². The van der Waals surface area contributed by atoms with Gasteiger partial charge in [-0.05, 0) is 33.4 Å². The Labute approximate surface area is 171 Å². The summed E-state index contributed by atoms with van der Waals surface area (Å²) in [5.41, 5.74) is 2.96. The van der Waals surface area contributed by atoms with Crippen LogP contribution in [0.5, 0.6) is 0 Å². The maximum Gasteiger partial charge on any atom is 0.307 e. The second-order valence-electron chi connectivity index (χ2n) is 6.78. The van der Waals surface area contributed by atoms with Crippen molar-refractivity contribution in [1.29, 1.82) is 0 Å². The molecular formula is C22H20O8. The van der Waals surface area contributed by atoms with Crippen LogP contribution in [-0.4, -0.2) is 44.3 Å². The average Bonchev–Trinajstić information content (AvgIpc) is 2.57. The van der Waals surface area contributed by atoms with Crippen LogP contribution in [0.3, 0.4) is 0 Å². The van der Waals surface area contributed by atoms with E-state index in [1.54, 1.807) is 36.4 Å². The van der Waals surface area contributed by atoms with Gasteiger partial charge >= 0.3 is 23.9 Å². The zero-order chi connectivity index (χ0) is 22.3. The number of carboxylic acid groups (broad SMARTS) is 4. The fourth-order valence-corrected chi connectivity index (χ4v) is 3.07. The van der Waals surface area contributed by atoms with Crippen molar-refractivity contribution in [3.63, 3.8) is 0 Å². The summed E-state index contributed by atoms with van der Waals surface area (Å²) in [7, 11) is 0. The lowest BCUT2D eigenvalue weighted by Crippen LogP contribution is -2.04. The number of rotatable bonds is 10. The molecule has 0 radical (unpaired) electrons. The third kappa shape index (κ3) is 7.59. The lowest BCUT2D eigenvalue weighted by atomic mass is 9.99. The Hall–Kier alpha value is -3.94. The number of hydrogen-bond acceptors (Lipinski definition) is 4. The highest BCUT2D eigenvalue weighted by Gasteiger charge is 2.09. The second kappa shape index (κ2) is 10.0. The molecule has 8 heteroatoms. The van der Waals surface area contributed by atoms with Gasteiger partial charge in [0, 0.05) is 0 Å². The molecule has 0 heterocycles. The molecule has 0 amide bonds. The summed E-state index contributed by atoms with van der Waals surface area (Å²) < 4.78 is 0. The van der Waals surface area contributed by atoms with Crippen molar-refractivity contribution in [3.8, 4) is 0 Å². The van der Waals surface area contributed by atoms with E-state index in [-0.39, 0.29) is 25.7 Å². The molecule has 0 bridgehead atoms. The monoisotopic (exact) mass is 412 g/mol. The highest BCUT2D eigenvalue weighted by molar-refractivity contribution is 5.77. The van der Waals surface area contributed by atoms with E-state index in [0.717, 1.165) is 0 Å². The Balaban J connectivity index is 2.40. The maximum absolute atomic E-state index is 11.0. The Bertz CT molecular complexity index is 870. The van der Waals surface area contributed by atoms with Crippen molar-refractivity contribution in [2.75, 3.05) is 0 Å². The standard InChI is InChI=1S/C22H20O8/c23-19(24)9-15-3-13(4-16(7-15)10-20(25)26)1-2-14-5-17(11-21(27)28)8-18(6-14)12-22(29)30/h1-8H,9-12H2,(H,23,24)(H,25,26)(H,27,28)(H,29,30)/b2-1+. The topological polar surface area (TPSA) is 149 Å². The Morgan fingerprint density at radius 3 is 0.933 bits per heavy atom. The van der Waals surface area contributed by atoms with Crippen molar-refractivity contribution in [2.45, 2.75) is 25.7 Å². The third-order valence-corrected chi connectivity index (χ3v) is 4.04. The van der Waals surface area contributed by atoms with E-state index in [4.69, 9.17) is 20.4 Å². The quantitative estimate of drug-likeness (QED) is 0.435. The van der Waals surface area contributed by atoms with Crippen molar-refractivity contribution in [1.82, 2.24) is 0 Å². The van der Waals surface area contributed by atoms with Crippen LogP contribution in [0.2, 0.25) is 0 Å². The molecule has 0 atom stereocenters. The van der Waals surface area contributed by atoms with Crippen molar-refractivity contribution in [3.05, 3.63) is 69.8 Å². The molecule has 0 saturated carbocycles. The van der Waals surface area contributed by atoms with Crippen LogP contribution >= 0.6 is 0 Å². The second-order valence-corrected chi connectivity index (χ2v) is 6.78. The molecule has 0 spiro atoms. The molecule has 4 N–H and O–H groups in total. The first kappa shape index (κ1) is 22.4. The number of benzene rings is 2. The SMILES string of the molecule is O=C(O)Cc1cc(/C=C/c2cc(CC(=O)O)cc(CC(=O)O)c2)cc(CC(=O)O)c1. The van der Waals surface area contributed by atoms with Gasteiger partial charge < -0.3 is 20.4 Å². The summed E-state index contributed by atoms with van der Waals surface area (Å²) in [6, 6.07) is 9.53. The Morgan fingerprint density at radius 1 is 0.500 bits per heavy atom. The Kier molecular flexibility index (Phi) is 7.46. The highest BCUT2D eigenvalue weighted by atomic mass is 16.4. The van der Waals surface area contributed by atoms with E-state index in [0.29, 0.717) is 33.4 Å². The zero-order valence-corrected chi connectivity index (χ0v) is 15.9. The van der Waals surface area contributed by atoms with Gasteiger partial charge in [-0.1, -0.05) is 48.6 Å². The number of carbonyl (C=O) groups is 4. The average molecular weight is 412 g/mol. The summed E-state index contributed by atoms with van der Waals surface area (Å²) >= 11 is 0. The molecule has 0 aliphatic carbocycles. The van der Waals surface area contributed by atoms with E-state index in [2.05, 4.69) is 0 Å². The van der Waals surface area contributed by atoms with E-state index in [9.17, 15) is 19.2 Å². The predicted molar refractivity (Wildman–Crippen MR) is 107 cm³/mol. The van der Waals surface area contributed by atoms with Gasteiger partial charge in [-0.25, -0.2) is 0 Å². The third-order valence-electron chi connectivity index (χ3n) is 4.04. The van der Waals surface area contributed by atoms with Crippen LogP contribution in [0.15, 0.2) is 36.4 Å². The maximum atomic E-state index is 11.0. The fourth-order valence-electron chi connectivity index (χ4n) is 3.07. The molecule has 0 fully saturated rings. The van der Waals surface area contributed by atoms with E-state index >= 15 is 0 Å². The van der Waals surface area contributed by atoms with Crippen molar-refractivity contribution >= 4 is 36.0 Å². The first-order chi connectivity index (χ1) is 14.1. The van der Waals surface area contributed by atoms with Gasteiger partial charge in [0.15, 0.2) is 0 Å². The van der Waals surface area contributed by atoms with Gasteiger partial charge in [0.05, 0.1) is 25.7 Å². The lowest BCUT2D eigenvalue weighted by Gasteiger charge is -2.07. The van der Waals surface area contributed by atoms with Crippen LogP contribution in [0.4, 0.5) is 0 Å². The fraction of sp³-hybridized carbons (Fsp3) is 0.182. The molecule has 30 heavy (non-hydrogen) atoms. The number of carboxylic acids is 4. The first-order valence-electron chi connectivity index (χ1n) is 8.91. The van der Waals surface area contributed by atoms with Gasteiger partial charge in [-0.15, -0.1) is 0 Å². The largest absolute Gasteiger partial charge is 0.481 e. The van der Waals surface area contributed by atoms with Crippen LogP contribution in [-0.2, 0) is 44.9 Å². The van der Waals surface area contributed by atoms with Crippen LogP contribution in [0.25, 0.3) is 12.2 Å². The minimum absolute atomic E-state index is 0.259. The van der Waals surface area contributed by atoms with Crippen LogP contribution < -0.4 is 0 Å².